The Morgan fingerprint density at radius 2 is 2.42 bits per heavy atom. The molecule has 0 saturated carbocycles. The minimum atomic E-state index is 0. The molecule has 0 spiro atoms. The number of carbonyl (C=O) groups is 1. The Labute approximate surface area is 121 Å². The Morgan fingerprint density at radius 3 is 3.00 bits per heavy atom. The standard InChI is InChI=1S/C14H21N3O.ClH/c1-2-8-17(13-5-7-16-11-13)14(18)9-12-4-3-6-15-10-12;/h3-4,6,10,13,16H,2,5,7-9,11H2,1H3;1H. The van der Waals surface area contributed by atoms with Crippen LogP contribution in [0.3, 0.4) is 0 Å². The lowest BCUT2D eigenvalue weighted by Crippen LogP contribution is -2.42. The van der Waals surface area contributed by atoms with Crippen molar-refractivity contribution in [2.24, 2.45) is 0 Å². The van der Waals surface area contributed by atoms with Gasteiger partial charge in [-0.2, -0.15) is 0 Å². The van der Waals surface area contributed by atoms with Crippen LogP contribution in [0.2, 0.25) is 0 Å². The van der Waals surface area contributed by atoms with Crippen LogP contribution in [0.25, 0.3) is 0 Å². The minimum Gasteiger partial charge on any atom is -0.338 e. The molecule has 0 radical (unpaired) electrons. The molecule has 5 heteroatoms. The number of pyridine rings is 1. The van der Waals surface area contributed by atoms with Gasteiger partial charge in [-0.25, -0.2) is 0 Å². The lowest BCUT2D eigenvalue weighted by Gasteiger charge is -2.28. The van der Waals surface area contributed by atoms with Crippen molar-refractivity contribution in [1.29, 1.82) is 0 Å². The van der Waals surface area contributed by atoms with Crippen molar-refractivity contribution in [2.45, 2.75) is 32.2 Å². The summed E-state index contributed by atoms with van der Waals surface area (Å²) in [6.45, 7) is 4.92. The molecule has 1 aromatic rings. The summed E-state index contributed by atoms with van der Waals surface area (Å²) < 4.78 is 0. The van der Waals surface area contributed by atoms with Crippen LogP contribution in [-0.4, -0.2) is 41.5 Å². The molecular weight excluding hydrogens is 262 g/mol. The van der Waals surface area contributed by atoms with Crippen molar-refractivity contribution in [2.75, 3.05) is 19.6 Å². The van der Waals surface area contributed by atoms with Crippen molar-refractivity contribution in [3.8, 4) is 0 Å². The first-order valence-electron chi connectivity index (χ1n) is 6.70. The van der Waals surface area contributed by atoms with E-state index in [2.05, 4.69) is 17.2 Å². The summed E-state index contributed by atoms with van der Waals surface area (Å²) in [5.41, 5.74) is 0.995. The van der Waals surface area contributed by atoms with E-state index in [1.807, 2.05) is 17.0 Å². The lowest BCUT2D eigenvalue weighted by molar-refractivity contribution is -0.132. The fourth-order valence-corrected chi connectivity index (χ4v) is 2.44. The third kappa shape index (κ3) is 4.48. The highest BCUT2D eigenvalue weighted by Gasteiger charge is 2.25. The average Bonchev–Trinajstić information content (AvgIpc) is 2.90. The van der Waals surface area contributed by atoms with Crippen LogP contribution >= 0.6 is 12.4 Å². The Kier molecular flexibility index (Phi) is 6.81. The zero-order chi connectivity index (χ0) is 12.8. The van der Waals surface area contributed by atoms with Gasteiger partial charge in [0.15, 0.2) is 0 Å². The molecule has 0 aliphatic carbocycles. The van der Waals surface area contributed by atoms with E-state index >= 15 is 0 Å². The lowest BCUT2D eigenvalue weighted by atomic mass is 10.1. The van der Waals surface area contributed by atoms with Crippen molar-refractivity contribution < 1.29 is 4.79 Å². The van der Waals surface area contributed by atoms with E-state index < -0.39 is 0 Å². The largest absolute Gasteiger partial charge is 0.338 e. The molecule has 1 aromatic heterocycles. The Balaban J connectivity index is 0.00000180. The number of nitrogens with one attached hydrogen (secondary N) is 1. The van der Waals surface area contributed by atoms with E-state index in [-0.39, 0.29) is 18.3 Å². The number of amides is 1. The van der Waals surface area contributed by atoms with E-state index in [4.69, 9.17) is 0 Å². The first kappa shape index (κ1) is 15.9. The molecule has 0 bridgehead atoms. The molecule has 1 unspecified atom stereocenters. The van der Waals surface area contributed by atoms with Crippen molar-refractivity contribution >= 4 is 18.3 Å². The molecule has 106 valence electrons. The summed E-state index contributed by atoms with van der Waals surface area (Å²) >= 11 is 0. The van der Waals surface area contributed by atoms with Crippen LogP contribution in [0.15, 0.2) is 24.5 Å². The van der Waals surface area contributed by atoms with E-state index in [1.165, 1.54) is 0 Å². The van der Waals surface area contributed by atoms with Crippen LogP contribution in [-0.2, 0) is 11.2 Å². The molecule has 1 saturated heterocycles. The summed E-state index contributed by atoms with van der Waals surface area (Å²) in [4.78, 5) is 18.5. The van der Waals surface area contributed by atoms with Crippen LogP contribution in [0.1, 0.15) is 25.3 Å². The summed E-state index contributed by atoms with van der Waals surface area (Å²) in [6.07, 6.45) is 6.05. The Morgan fingerprint density at radius 1 is 1.58 bits per heavy atom. The number of hydrogen-bond donors (Lipinski definition) is 1. The van der Waals surface area contributed by atoms with Gasteiger partial charge >= 0.3 is 0 Å². The van der Waals surface area contributed by atoms with Crippen LogP contribution in [0.5, 0.6) is 0 Å². The number of halogens is 1. The molecule has 1 atom stereocenters. The fourth-order valence-electron chi connectivity index (χ4n) is 2.44. The monoisotopic (exact) mass is 283 g/mol. The molecule has 0 aromatic carbocycles. The predicted molar refractivity (Wildman–Crippen MR) is 78.5 cm³/mol. The smallest absolute Gasteiger partial charge is 0.227 e. The third-order valence-corrected chi connectivity index (χ3v) is 3.34. The molecule has 2 heterocycles. The fraction of sp³-hybridized carbons (Fsp3) is 0.571. The average molecular weight is 284 g/mol. The minimum absolute atomic E-state index is 0. The van der Waals surface area contributed by atoms with Gasteiger partial charge in [-0.05, 0) is 31.0 Å². The number of aromatic nitrogens is 1. The normalized spacial score (nSPS) is 17.8. The molecular formula is C14H22ClN3O. The second-order valence-electron chi connectivity index (χ2n) is 4.77. The second kappa shape index (κ2) is 8.12. The third-order valence-electron chi connectivity index (χ3n) is 3.34. The maximum Gasteiger partial charge on any atom is 0.227 e. The van der Waals surface area contributed by atoms with Gasteiger partial charge in [-0.15, -0.1) is 12.4 Å². The highest BCUT2D eigenvalue weighted by molar-refractivity contribution is 5.85. The van der Waals surface area contributed by atoms with Crippen LogP contribution in [0, 0.1) is 0 Å². The highest BCUT2D eigenvalue weighted by Crippen LogP contribution is 2.12. The van der Waals surface area contributed by atoms with Gasteiger partial charge in [0.1, 0.15) is 0 Å². The van der Waals surface area contributed by atoms with Gasteiger partial charge < -0.3 is 10.2 Å². The zero-order valence-electron chi connectivity index (χ0n) is 11.3. The molecule has 19 heavy (non-hydrogen) atoms. The molecule has 2 rings (SSSR count). The van der Waals surface area contributed by atoms with Gasteiger partial charge in [0.05, 0.1) is 6.42 Å². The highest BCUT2D eigenvalue weighted by atomic mass is 35.5. The molecule has 1 aliphatic heterocycles. The van der Waals surface area contributed by atoms with Crippen LogP contribution in [0.4, 0.5) is 0 Å². The van der Waals surface area contributed by atoms with Crippen molar-refractivity contribution in [3.05, 3.63) is 30.1 Å². The van der Waals surface area contributed by atoms with E-state index in [1.54, 1.807) is 12.4 Å². The maximum absolute atomic E-state index is 12.4. The van der Waals surface area contributed by atoms with Gasteiger partial charge in [-0.1, -0.05) is 13.0 Å². The summed E-state index contributed by atoms with van der Waals surface area (Å²) in [5, 5.41) is 3.32. The SMILES string of the molecule is CCCN(C(=O)Cc1cccnc1)C1CCNC1.Cl. The molecule has 1 N–H and O–H groups in total. The summed E-state index contributed by atoms with van der Waals surface area (Å²) in [5.74, 6) is 0.221. The van der Waals surface area contributed by atoms with E-state index in [0.29, 0.717) is 12.5 Å². The number of rotatable bonds is 5. The van der Waals surface area contributed by atoms with Crippen molar-refractivity contribution in [3.63, 3.8) is 0 Å². The van der Waals surface area contributed by atoms with Gasteiger partial charge in [0.2, 0.25) is 5.91 Å². The molecule has 1 fully saturated rings. The van der Waals surface area contributed by atoms with Gasteiger partial charge in [0.25, 0.3) is 0 Å². The van der Waals surface area contributed by atoms with E-state index in [0.717, 1.165) is 38.0 Å². The number of nitrogens with zero attached hydrogens (tertiary/aromatic N) is 2. The van der Waals surface area contributed by atoms with Gasteiger partial charge in [-0.3, -0.25) is 9.78 Å². The number of carbonyl (C=O) groups excluding carboxylic acids is 1. The van der Waals surface area contributed by atoms with Crippen LogP contribution < -0.4 is 5.32 Å². The molecule has 4 nitrogen and oxygen atoms in total. The first-order chi connectivity index (χ1) is 8.81. The quantitative estimate of drug-likeness (QED) is 0.894. The van der Waals surface area contributed by atoms with Gasteiger partial charge in [0, 0.05) is 31.5 Å². The zero-order valence-corrected chi connectivity index (χ0v) is 12.2. The Hall–Kier alpha value is -1.13. The first-order valence-corrected chi connectivity index (χ1v) is 6.70. The molecule has 1 aliphatic rings. The second-order valence-corrected chi connectivity index (χ2v) is 4.77. The van der Waals surface area contributed by atoms with Crippen molar-refractivity contribution in [1.82, 2.24) is 15.2 Å². The van der Waals surface area contributed by atoms with E-state index in [9.17, 15) is 4.79 Å². The topological polar surface area (TPSA) is 45.2 Å². The summed E-state index contributed by atoms with van der Waals surface area (Å²) in [6, 6.07) is 4.21. The number of hydrogen-bond acceptors (Lipinski definition) is 3. The maximum atomic E-state index is 12.4. The predicted octanol–water partition coefficient (Wildman–Crippen LogP) is 1.65. The summed E-state index contributed by atoms with van der Waals surface area (Å²) in [7, 11) is 0. The molecule has 1 amide bonds. The Bertz CT molecular complexity index is 380.